The van der Waals surface area contributed by atoms with E-state index in [-0.39, 0.29) is 29.6 Å². The predicted octanol–water partition coefficient (Wildman–Crippen LogP) is 3.86. The summed E-state index contributed by atoms with van der Waals surface area (Å²) < 4.78 is 36.5. The van der Waals surface area contributed by atoms with E-state index in [1.165, 1.54) is 0 Å². The second-order valence-electron chi connectivity index (χ2n) is 8.59. The minimum atomic E-state index is -3.16. The fourth-order valence-corrected chi connectivity index (χ4v) is 5.67. The Bertz CT molecular complexity index is 1080. The van der Waals surface area contributed by atoms with Crippen LogP contribution in [0.4, 0.5) is 0 Å². The molecule has 1 heterocycles. The summed E-state index contributed by atoms with van der Waals surface area (Å²) in [6.07, 6.45) is -0.00869. The molecule has 1 aliphatic rings. The largest absolute Gasteiger partial charge is 0.485 e. The van der Waals surface area contributed by atoms with Crippen molar-refractivity contribution in [1.29, 1.82) is 0 Å². The van der Waals surface area contributed by atoms with Gasteiger partial charge in [0.15, 0.2) is 9.84 Å². The monoisotopic (exact) mass is 459 g/mol. The molecule has 0 aliphatic carbocycles. The minimum Gasteiger partial charge on any atom is -0.485 e. The Balaban J connectivity index is 1.78. The van der Waals surface area contributed by atoms with E-state index in [2.05, 4.69) is 0 Å². The number of hydrogen-bond donors (Lipinski definition) is 0. The maximum absolute atomic E-state index is 13.2. The number of likely N-dealkylation sites (tertiary alicyclic amines) is 1. The summed E-state index contributed by atoms with van der Waals surface area (Å²) >= 11 is 0. The summed E-state index contributed by atoms with van der Waals surface area (Å²) in [6, 6.07) is 11.4. The number of ether oxygens (including phenoxy) is 2. The van der Waals surface area contributed by atoms with Gasteiger partial charge in [0, 0.05) is 12.7 Å². The van der Waals surface area contributed by atoms with Crippen molar-refractivity contribution >= 4 is 15.7 Å². The number of aryl methyl sites for hydroxylation is 2. The molecule has 0 saturated carbocycles. The van der Waals surface area contributed by atoms with E-state index >= 15 is 0 Å². The Labute approximate surface area is 191 Å². The molecule has 0 spiro atoms. The molecular weight excluding hydrogens is 426 g/mol. The standard InChI is InChI=1S/C25H33NO5S/c1-6-12-32(28,29)16-20-8-7-9-22(19(20)4)31-24-15-26(14-23(24)30-5)25(27)21-13-17(2)10-11-18(21)3/h7-11,13,23-24H,6,12,14-16H2,1-5H3. The number of amides is 1. The summed E-state index contributed by atoms with van der Waals surface area (Å²) in [6.45, 7) is 8.49. The average Bonchev–Trinajstić information content (AvgIpc) is 3.15. The molecule has 2 aromatic rings. The molecule has 0 aromatic heterocycles. The summed E-state index contributed by atoms with van der Waals surface area (Å²) in [7, 11) is -1.54. The van der Waals surface area contributed by atoms with Crippen molar-refractivity contribution in [1.82, 2.24) is 4.90 Å². The zero-order valence-electron chi connectivity index (χ0n) is 19.6. The van der Waals surface area contributed by atoms with Crippen molar-refractivity contribution in [2.24, 2.45) is 0 Å². The number of nitrogens with zero attached hydrogens (tertiary/aromatic N) is 1. The molecule has 1 saturated heterocycles. The maximum atomic E-state index is 13.2. The lowest BCUT2D eigenvalue weighted by Crippen LogP contribution is -2.32. The van der Waals surface area contributed by atoms with E-state index in [1.807, 2.05) is 64.1 Å². The third-order valence-corrected chi connectivity index (χ3v) is 7.78. The molecule has 7 heteroatoms. The molecule has 1 fully saturated rings. The zero-order chi connectivity index (χ0) is 23.5. The van der Waals surface area contributed by atoms with Crippen molar-refractivity contribution in [2.75, 3.05) is 26.0 Å². The third kappa shape index (κ3) is 5.51. The van der Waals surface area contributed by atoms with E-state index < -0.39 is 9.84 Å². The second-order valence-corrected chi connectivity index (χ2v) is 10.8. The van der Waals surface area contributed by atoms with Crippen LogP contribution in [0.25, 0.3) is 0 Å². The highest BCUT2D eigenvalue weighted by atomic mass is 32.2. The number of rotatable bonds is 8. The van der Waals surface area contributed by atoms with E-state index in [9.17, 15) is 13.2 Å². The molecule has 0 N–H and O–H groups in total. The average molecular weight is 460 g/mol. The van der Waals surface area contributed by atoms with Crippen molar-refractivity contribution in [3.05, 3.63) is 64.2 Å². The van der Waals surface area contributed by atoms with Gasteiger partial charge in [0.25, 0.3) is 5.91 Å². The number of carbonyl (C=O) groups is 1. The van der Waals surface area contributed by atoms with Crippen molar-refractivity contribution in [3.63, 3.8) is 0 Å². The molecule has 32 heavy (non-hydrogen) atoms. The fraction of sp³-hybridized carbons (Fsp3) is 0.480. The first kappa shape index (κ1) is 24.3. The van der Waals surface area contributed by atoms with Crippen LogP contribution in [0.2, 0.25) is 0 Å². The van der Waals surface area contributed by atoms with Gasteiger partial charge in [-0.15, -0.1) is 0 Å². The van der Waals surface area contributed by atoms with Gasteiger partial charge in [-0.05, 0) is 56.0 Å². The van der Waals surface area contributed by atoms with Gasteiger partial charge in [0.2, 0.25) is 0 Å². The number of hydrogen-bond acceptors (Lipinski definition) is 5. The van der Waals surface area contributed by atoms with Crippen LogP contribution in [0.15, 0.2) is 36.4 Å². The van der Waals surface area contributed by atoms with E-state index in [1.54, 1.807) is 12.0 Å². The normalized spacial score (nSPS) is 18.7. The number of sulfone groups is 1. The van der Waals surface area contributed by atoms with Gasteiger partial charge < -0.3 is 14.4 Å². The Morgan fingerprint density at radius 3 is 2.50 bits per heavy atom. The second kappa shape index (κ2) is 10.0. The summed E-state index contributed by atoms with van der Waals surface area (Å²) in [5.41, 5.74) is 4.22. The van der Waals surface area contributed by atoms with Crippen LogP contribution in [0.3, 0.4) is 0 Å². The smallest absolute Gasteiger partial charge is 0.254 e. The molecule has 2 unspecified atom stereocenters. The lowest BCUT2D eigenvalue weighted by molar-refractivity contribution is 0.0336. The van der Waals surface area contributed by atoms with Gasteiger partial charge in [-0.25, -0.2) is 8.42 Å². The molecule has 0 bridgehead atoms. The lowest BCUT2D eigenvalue weighted by Gasteiger charge is -2.21. The third-order valence-electron chi connectivity index (χ3n) is 5.99. The molecular formula is C25H33NO5S. The van der Waals surface area contributed by atoms with Crippen LogP contribution in [0.5, 0.6) is 5.75 Å². The van der Waals surface area contributed by atoms with Crippen LogP contribution in [-0.2, 0) is 20.3 Å². The molecule has 1 aliphatic heterocycles. The van der Waals surface area contributed by atoms with Gasteiger partial charge >= 0.3 is 0 Å². The van der Waals surface area contributed by atoms with Gasteiger partial charge in [-0.3, -0.25) is 4.79 Å². The SMILES string of the molecule is CCCS(=O)(=O)Cc1cccc(OC2CN(C(=O)c3cc(C)ccc3C)CC2OC)c1C. The summed E-state index contributed by atoms with van der Waals surface area (Å²) in [5.74, 6) is 0.763. The maximum Gasteiger partial charge on any atom is 0.254 e. The van der Waals surface area contributed by atoms with Gasteiger partial charge in [0.1, 0.15) is 18.0 Å². The van der Waals surface area contributed by atoms with Crippen LogP contribution in [0, 0.1) is 20.8 Å². The molecule has 174 valence electrons. The zero-order valence-corrected chi connectivity index (χ0v) is 20.4. The Hall–Kier alpha value is -2.38. The molecule has 3 rings (SSSR count). The van der Waals surface area contributed by atoms with Gasteiger partial charge in [-0.2, -0.15) is 0 Å². The summed E-state index contributed by atoms with van der Waals surface area (Å²) in [5, 5.41) is 0. The molecule has 0 radical (unpaired) electrons. The predicted molar refractivity (Wildman–Crippen MR) is 126 cm³/mol. The van der Waals surface area contributed by atoms with Gasteiger partial charge in [-0.1, -0.05) is 36.8 Å². The van der Waals surface area contributed by atoms with E-state index in [4.69, 9.17) is 9.47 Å². The fourth-order valence-electron chi connectivity index (χ4n) is 4.11. The highest BCUT2D eigenvalue weighted by molar-refractivity contribution is 7.90. The quantitative estimate of drug-likeness (QED) is 0.599. The highest BCUT2D eigenvalue weighted by Gasteiger charge is 2.38. The van der Waals surface area contributed by atoms with Crippen molar-refractivity contribution in [3.8, 4) is 5.75 Å². The molecule has 2 atom stereocenters. The Morgan fingerprint density at radius 1 is 1.09 bits per heavy atom. The van der Waals surface area contributed by atoms with Crippen LogP contribution in [-0.4, -0.2) is 57.4 Å². The number of carbonyl (C=O) groups excluding carboxylic acids is 1. The first-order valence-electron chi connectivity index (χ1n) is 11.0. The van der Waals surface area contributed by atoms with Crippen molar-refractivity contribution in [2.45, 2.75) is 52.1 Å². The minimum absolute atomic E-state index is 0.000504. The molecule has 1 amide bonds. The van der Waals surface area contributed by atoms with Crippen LogP contribution < -0.4 is 4.74 Å². The first-order chi connectivity index (χ1) is 15.1. The van der Waals surface area contributed by atoms with Crippen molar-refractivity contribution < 1.29 is 22.7 Å². The van der Waals surface area contributed by atoms with Crippen LogP contribution >= 0.6 is 0 Å². The van der Waals surface area contributed by atoms with E-state index in [0.29, 0.717) is 30.8 Å². The number of methoxy groups -OCH3 is 1. The number of benzene rings is 2. The lowest BCUT2D eigenvalue weighted by atomic mass is 10.0. The van der Waals surface area contributed by atoms with Gasteiger partial charge in [0.05, 0.1) is 24.6 Å². The van der Waals surface area contributed by atoms with Crippen LogP contribution in [0.1, 0.15) is 46.0 Å². The highest BCUT2D eigenvalue weighted by Crippen LogP contribution is 2.28. The van der Waals surface area contributed by atoms with E-state index in [0.717, 1.165) is 22.3 Å². The Kier molecular flexibility index (Phi) is 7.62. The topological polar surface area (TPSA) is 72.9 Å². The molecule has 2 aromatic carbocycles. The Morgan fingerprint density at radius 2 is 1.81 bits per heavy atom. The first-order valence-corrected chi connectivity index (χ1v) is 12.8. The molecule has 6 nitrogen and oxygen atoms in total. The summed E-state index contributed by atoms with van der Waals surface area (Å²) in [4.78, 5) is 14.9.